The molecule has 1 heterocycles. The molecule has 0 radical (unpaired) electrons. The van der Waals surface area contributed by atoms with Gasteiger partial charge >= 0.3 is 0 Å². The van der Waals surface area contributed by atoms with Crippen molar-refractivity contribution in [1.29, 1.82) is 5.41 Å². The van der Waals surface area contributed by atoms with E-state index in [1.807, 2.05) is 12.1 Å². The number of amidine groups is 1. The maximum Gasteiger partial charge on any atom is 0.149 e. The van der Waals surface area contributed by atoms with Crippen molar-refractivity contribution in [2.45, 2.75) is 45.1 Å². The monoisotopic (exact) mass is 247 g/mol. The molecule has 1 saturated carbocycles. The maximum atomic E-state index is 7.52. The smallest absolute Gasteiger partial charge is 0.149 e. The summed E-state index contributed by atoms with van der Waals surface area (Å²) in [6.45, 7) is 2.21. The van der Waals surface area contributed by atoms with E-state index in [0.29, 0.717) is 17.4 Å². The van der Waals surface area contributed by atoms with Gasteiger partial charge in [0, 0.05) is 6.20 Å². The molecule has 98 valence electrons. The van der Waals surface area contributed by atoms with Gasteiger partial charge in [0.15, 0.2) is 0 Å². The fraction of sp³-hybridized carbons (Fsp3) is 0.571. The highest BCUT2D eigenvalue weighted by molar-refractivity contribution is 5.95. The van der Waals surface area contributed by atoms with Crippen molar-refractivity contribution in [2.24, 2.45) is 11.7 Å². The molecule has 2 rings (SSSR count). The summed E-state index contributed by atoms with van der Waals surface area (Å²) in [7, 11) is 0. The van der Waals surface area contributed by atoms with Gasteiger partial charge in [0.25, 0.3) is 0 Å². The molecule has 4 nitrogen and oxygen atoms in total. The molecule has 1 aliphatic carbocycles. The second-order valence-corrected chi connectivity index (χ2v) is 4.87. The Hall–Kier alpha value is -1.58. The van der Waals surface area contributed by atoms with E-state index in [2.05, 4.69) is 11.9 Å². The zero-order valence-electron chi connectivity index (χ0n) is 10.9. The Morgan fingerprint density at radius 1 is 1.50 bits per heavy atom. The van der Waals surface area contributed by atoms with E-state index in [0.717, 1.165) is 12.8 Å². The topological polar surface area (TPSA) is 72.0 Å². The van der Waals surface area contributed by atoms with Crippen LogP contribution in [0.3, 0.4) is 0 Å². The SMILES string of the molecule is CCC1CCCCC1Oc1cccnc1C(=N)N. The largest absolute Gasteiger partial charge is 0.488 e. The third-order valence-electron chi connectivity index (χ3n) is 3.67. The Morgan fingerprint density at radius 2 is 2.28 bits per heavy atom. The van der Waals surface area contributed by atoms with Gasteiger partial charge in [-0.3, -0.25) is 5.41 Å². The van der Waals surface area contributed by atoms with Crippen LogP contribution in [0.1, 0.15) is 44.7 Å². The number of aromatic nitrogens is 1. The first kappa shape index (κ1) is 12.9. The summed E-state index contributed by atoms with van der Waals surface area (Å²) in [4.78, 5) is 4.12. The summed E-state index contributed by atoms with van der Waals surface area (Å²) in [6, 6.07) is 3.68. The van der Waals surface area contributed by atoms with Crippen LogP contribution in [0.4, 0.5) is 0 Å². The minimum Gasteiger partial charge on any atom is -0.488 e. The van der Waals surface area contributed by atoms with Crippen molar-refractivity contribution in [3.05, 3.63) is 24.0 Å². The summed E-state index contributed by atoms with van der Waals surface area (Å²) >= 11 is 0. The van der Waals surface area contributed by atoms with Crippen LogP contribution >= 0.6 is 0 Å². The standard InChI is InChI=1S/C14H21N3O/c1-2-10-6-3-4-7-11(10)18-12-8-5-9-17-13(12)14(15)16/h5,8-11H,2-4,6-7H2,1H3,(H3,15,16). The summed E-state index contributed by atoms with van der Waals surface area (Å²) < 4.78 is 6.07. The van der Waals surface area contributed by atoms with Gasteiger partial charge in [0.05, 0.1) is 0 Å². The third-order valence-corrected chi connectivity index (χ3v) is 3.67. The van der Waals surface area contributed by atoms with E-state index in [1.165, 1.54) is 19.3 Å². The Labute approximate surface area is 108 Å². The van der Waals surface area contributed by atoms with Crippen LogP contribution in [-0.4, -0.2) is 16.9 Å². The summed E-state index contributed by atoms with van der Waals surface area (Å²) in [5.74, 6) is 1.23. The Kier molecular flexibility index (Phi) is 4.18. The van der Waals surface area contributed by atoms with Crippen molar-refractivity contribution < 1.29 is 4.74 Å². The van der Waals surface area contributed by atoms with Crippen molar-refractivity contribution >= 4 is 5.84 Å². The average molecular weight is 247 g/mol. The number of pyridine rings is 1. The lowest BCUT2D eigenvalue weighted by molar-refractivity contribution is 0.0898. The number of rotatable bonds is 4. The molecular formula is C14H21N3O. The highest BCUT2D eigenvalue weighted by atomic mass is 16.5. The fourth-order valence-corrected chi connectivity index (χ4v) is 2.65. The molecule has 1 fully saturated rings. The third kappa shape index (κ3) is 2.81. The van der Waals surface area contributed by atoms with E-state index < -0.39 is 0 Å². The van der Waals surface area contributed by atoms with E-state index in [9.17, 15) is 0 Å². The Morgan fingerprint density at radius 3 is 3.00 bits per heavy atom. The van der Waals surface area contributed by atoms with Gasteiger partial charge in [0.1, 0.15) is 23.4 Å². The highest BCUT2D eigenvalue weighted by Crippen LogP contribution is 2.31. The second-order valence-electron chi connectivity index (χ2n) is 4.87. The lowest BCUT2D eigenvalue weighted by Gasteiger charge is -2.31. The zero-order valence-corrected chi connectivity index (χ0v) is 10.9. The first-order valence-corrected chi connectivity index (χ1v) is 6.68. The van der Waals surface area contributed by atoms with Crippen LogP contribution in [0.15, 0.2) is 18.3 Å². The van der Waals surface area contributed by atoms with Gasteiger partial charge in [-0.1, -0.05) is 13.3 Å². The number of nitrogens with two attached hydrogens (primary N) is 1. The predicted molar refractivity (Wildman–Crippen MR) is 71.9 cm³/mol. The molecule has 0 saturated heterocycles. The van der Waals surface area contributed by atoms with Crippen LogP contribution in [0.25, 0.3) is 0 Å². The molecule has 1 aromatic heterocycles. The molecule has 3 N–H and O–H groups in total. The van der Waals surface area contributed by atoms with E-state index >= 15 is 0 Å². The molecule has 0 aliphatic heterocycles. The molecule has 0 spiro atoms. The molecule has 2 unspecified atom stereocenters. The maximum absolute atomic E-state index is 7.52. The van der Waals surface area contributed by atoms with Crippen molar-refractivity contribution in [3.8, 4) is 5.75 Å². The highest BCUT2D eigenvalue weighted by Gasteiger charge is 2.26. The van der Waals surface area contributed by atoms with Crippen molar-refractivity contribution in [3.63, 3.8) is 0 Å². The number of nitrogen functional groups attached to an aromatic ring is 1. The lowest BCUT2D eigenvalue weighted by atomic mass is 9.85. The van der Waals surface area contributed by atoms with Crippen LogP contribution in [0.2, 0.25) is 0 Å². The van der Waals surface area contributed by atoms with Gasteiger partial charge in [-0.25, -0.2) is 4.98 Å². The molecule has 4 heteroatoms. The number of hydrogen-bond acceptors (Lipinski definition) is 3. The second kappa shape index (κ2) is 5.85. The van der Waals surface area contributed by atoms with Gasteiger partial charge in [-0.05, 0) is 43.7 Å². The molecule has 2 atom stereocenters. The van der Waals surface area contributed by atoms with Gasteiger partial charge in [0.2, 0.25) is 0 Å². The fourth-order valence-electron chi connectivity index (χ4n) is 2.65. The van der Waals surface area contributed by atoms with Crippen LogP contribution in [0, 0.1) is 11.3 Å². The number of nitrogens with zero attached hydrogens (tertiary/aromatic N) is 1. The van der Waals surface area contributed by atoms with Crippen molar-refractivity contribution in [1.82, 2.24) is 4.98 Å². The normalized spacial score (nSPS) is 23.6. The first-order valence-electron chi connectivity index (χ1n) is 6.68. The van der Waals surface area contributed by atoms with Gasteiger partial charge in [-0.2, -0.15) is 0 Å². The summed E-state index contributed by atoms with van der Waals surface area (Å²) in [6.07, 6.45) is 7.86. The summed E-state index contributed by atoms with van der Waals surface area (Å²) in [5.41, 5.74) is 5.98. The number of ether oxygens (including phenoxy) is 1. The minimum atomic E-state index is -0.0329. The van der Waals surface area contributed by atoms with Crippen LogP contribution < -0.4 is 10.5 Å². The molecule has 1 aliphatic rings. The predicted octanol–water partition coefficient (Wildman–Crippen LogP) is 2.71. The molecule has 0 amide bonds. The number of nitrogens with one attached hydrogen (secondary N) is 1. The lowest BCUT2D eigenvalue weighted by Crippen LogP contribution is -2.31. The quantitative estimate of drug-likeness (QED) is 0.634. The first-order chi connectivity index (χ1) is 8.72. The minimum absolute atomic E-state index is 0.0329. The molecule has 18 heavy (non-hydrogen) atoms. The van der Waals surface area contributed by atoms with Gasteiger partial charge in [-0.15, -0.1) is 0 Å². The molecule has 1 aromatic rings. The Bertz CT molecular complexity index is 419. The molecule has 0 aromatic carbocycles. The molecule has 0 bridgehead atoms. The van der Waals surface area contributed by atoms with E-state index in [1.54, 1.807) is 6.20 Å². The zero-order chi connectivity index (χ0) is 13.0. The van der Waals surface area contributed by atoms with Crippen LogP contribution in [-0.2, 0) is 0 Å². The van der Waals surface area contributed by atoms with Gasteiger partial charge < -0.3 is 10.5 Å². The van der Waals surface area contributed by atoms with E-state index in [-0.39, 0.29) is 11.9 Å². The van der Waals surface area contributed by atoms with Crippen LogP contribution in [0.5, 0.6) is 5.75 Å². The summed E-state index contributed by atoms with van der Waals surface area (Å²) in [5, 5.41) is 7.52. The average Bonchev–Trinajstić information content (AvgIpc) is 2.40. The number of hydrogen-bond donors (Lipinski definition) is 2. The molecular weight excluding hydrogens is 226 g/mol. The van der Waals surface area contributed by atoms with E-state index in [4.69, 9.17) is 15.9 Å². The Balaban J connectivity index is 2.15. The van der Waals surface area contributed by atoms with Crippen molar-refractivity contribution in [2.75, 3.05) is 0 Å².